The van der Waals surface area contributed by atoms with Crippen molar-refractivity contribution in [3.05, 3.63) is 24.4 Å². The molecule has 0 bridgehead atoms. The lowest BCUT2D eigenvalue weighted by Gasteiger charge is -1.92. The first-order valence-electron chi connectivity index (χ1n) is 2.74. The van der Waals surface area contributed by atoms with Gasteiger partial charge in [-0.3, -0.25) is 4.99 Å². The van der Waals surface area contributed by atoms with Crippen molar-refractivity contribution in [1.82, 2.24) is 0 Å². The number of aliphatic hydroxyl groups is 1. The van der Waals surface area contributed by atoms with E-state index in [0.717, 1.165) is 5.70 Å². The lowest BCUT2D eigenvalue weighted by molar-refractivity contribution is 0.299. The van der Waals surface area contributed by atoms with E-state index >= 15 is 0 Å². The molecule has 0 aromatic heterocycles. The molecule has 0 heterocycles. The highest BCUT2D eigenvalue weighted by molar-refractivity contribution is 5.29. The van der Waals surface area contributed by atoms with E-state index in [9.17, 15) is 0 Å². The van der Waals surface area contributed by atoms with Crippen molar-refractivity contribution in [3.8, 4) is 0 Å². The van der Waals surface area contributed by atoms with E-state index in [1.54, 1.807) is 12.2 Å². The molecule has 1 N–H and O–H groups in total. The molecule has 0 fully saturated rings. The first-order valence-corrected chi connectivity index (χ1v) is 2.74. The van der Waals surface area contributed by atoms with Crippen LogP contribution in [0.5, 0.6) is 0 Å². The number of hydrogen-bond acceptors (Lipinski definition) is 2. The summed E-state index contributed by atoms with van der Waals surface area (Å²) >= 11 is 0. The van der Waals surface area contributed by atoms with Gasteiger partial charge in [-0.15, -0.1) is 0 Å². The zero-order valence-corrected chi connectivity index (χ0v) is 5.38. The Kier molecular flexibility index (Phi) is 4.73. The normalized spacial score (nSPS) is 11.0. The Bertz CT molecular complexity index is 127. The van der Waals surface area contributed by atoms with Gasteiger partial charge in [-0.2, -0.15) is 0 Å². The van der Waals surface area contributed by atoms with Crippen LogP contribution in [0.2, 0.25) is 0 Å². The SMILES string of the molecule is C=C/C=C(/CCO)N=C. The van der Waals surface area contributed by atoms with Crippen LogP contribution in [0.1, 0.15) is 6.42 Å². The molecule has 0 aliphatic carbocycles. The minimum Gasteiger partial charge on any atom is -0.396 e. The van der Waals surface area contributed by atoms with E-state index in [4.69, 9.17) is 5.11 Å². The average molecular weight is 125 g/mol. The topological polar surface area (TPSA) is 32.6 Å². The highest BCUT2D eigenvalue weighted by atomic mass is 16.3. The molecule has 0 saturated heterocycles. The molecule has 0 aliphatic rings. The highest BCUT2D eigenvalue weighted by Gasteiger charge is 1.86. The second-order valence-corrected chi connectivity index (χ2v) is 1.53. The molecular weight excluding hydrogens is 114 g/mol. The van der Waals surface area contributed by atoms with Crippen LogP contribution in [0.4, 0.5) is 0 Å². The molecule has 0 unspecified atom stereocenters. The zero-order valence-electron chi connectivity index (χ0n) is 5.38. The van der Waals surface area contributed by atoms with Gasteiger partial charge >= 0.3 is 0 Å². The Hall–Kier alpha value is -0.890. The third kappa shape index (κ3) is 3.67. The van der Waals surface area contributed by atoms with Gasteiger partial charge in [-0.1, -0.05) is 12.7 Å². The summed E-state index contributed by atoms with van der Waals surface area (Å²) in [6.07, 6.45) is 3.90. The predicted octanol–water partition coefficient (Wildman–Crippen LogP) is 1.14. The van der Waals surface area contributed by atoms with Crippen molar-refractivity contribution < 1.29 is 5.11 Å². The Morgan fingerprint density at radius 1 is 1.67 bits per heavy atom. The van der Waals surface area contributed by atoms with Gasteiger partial charge in [0.15, 0.2) is 0 Å². The van der Waals surface area contributed by atoms with Crippen molar-refractivity contribution in [1.29, 1.82) is 0 Å². The van der Waals surface area contributed by atoms with E-state index in [1.165, 1.54) is 0 Å². The summed E-state index contributed by atoms with van der Waals surface area (Å²) in [5.74, 6) is 0. The highest BCUT2D eigenvalue weighted by Crippen LogP contribution is 1.99. The molecule has 2 heteroatoms. The standard InChI is InChI=1S/C7H11NO/c1-3-4-7(8-2)5-6-9/h3-4,9H,1-2,5-6H2/b7-4-. The van der Waals surface area contributed by atoms with Gasteiger partial charge in [0.1, 0.15) is 0 Å². The Labute approximate surface area is 55.2 Å². The van der Waals surface area contributed by atoms with Gasteiger partial charge in [0.05, 0.1) is 0 Å². The number of aliphatic hydroxyl groups excluding tert-OH is 1. The summed E-state index contributed by atoms with van der Waals surface area (Å²) in [6.45, 7) is 6.92. The fourth-order valence-corrected chi connectivity index (χ4v) is 0.466. The molecule has 0 spiro atoms. The molecule has 0 aliphatic heterocycles. The maximum Gasteiger partial charge on any atom is 0.0486 e. The molecule has 50 valence electrons. The lowest BCUT2D eigenvalue weighted by atomic mass is 10.3. The van der Waals surface area contributed by atoms with Crippen LogP contribution in [0, 0.1) is 0 Å². The monoisotopic (exact) mass is 125 g/mol. The predicted molar refractivity (Wildman–Crippen MR) is 39.5 cm³/mol. The van der Waals surface area contributed by atoms with Crippen LogP contribution in [-0.4, -0.2) is 18.4 Å². The largest absolute Gasteiger partial charge is 0.396 e. The van der Waals surface area contributed by atoms with Gasteiger partial charge in [0.2, 0.25) is 0 Å². The maximum atomic E-state index is 8.43. The van der Waals surface area contributed by atoms with E-state index < -0.39 is 0 Å². The fourth-order valence-electron chi connectivity index (χ4n) is 0.466. The summed E-state index contributed by atoms with van der Waals surface area (Å²) in [5, 5.41) is 8.43. The minimum absolute atomic E-state index is 0.110. The minimum atomic E-state index is 0.110. The summed E-state index contributed by atoms with van der Waals surface area (Å²) in [6, 6.07) is 0. The van der Waals surface area contributed by atoms with Crippen LogP contribution >= 0.6 is 0 Å². The molecule has 2 nitrogen and oxygen atoms in total. The molecule has 0 rings (SSSR count). The maximum absolute atomic E-state index is 8.43. The molecular formula is C7H11NO. The first-order chi connectivity index (χ1) is 4.35. The Morgan fingerprint density at radius 3 is 2.67 bits per heavy atom. The second-order valence-electron chi connectivity index (χ2n) is 1.53. The number of hydrogen-bond donors (Lipinski definition) is 1. The van der Waals surface area contributed by atoms with E-state index in [0.29, 0.717) is 6.42 Å². The second kappa shape index (κ2) is 5.25. The van der Waals surface area contributed by atoms with Crippen molar-refractivity contribution in [2.24, 2.45) is 4.99 Å². The van der Waals surface area contributed by atoms with Crippen LogP contribution < -0.4 is 0 Å². The van der Waals surface area contributed by atoms with Crippen LogP contribution in [0.3, 0.4) is 0 Å². The Morgan fingerprint density at radius 2 is 2.33 bits per heavy atom. The van der Waals surface area contributed by atoms with Gasteiger partial charge < -0.3 is 5.11 Å². The molecule has 0 aromatic carbocycles. The third-order valence-electron chi connectivity index (χ3n) is 0.881. The summed E-state index contributed by atoms with van der Waals surface area (Å²) in [7, 11) is 0. The van der Waals surface area contributed by atoms with Gasteiger partial charge in [0, 0.05) is 18.7 Å². The molecule has 9 heavy (non-hydrogen) atoms. The first kappa shape index (κ1) is 8.11. The molecule has 0 saturated carbocycles. The van der Waals surface area contributed by atoms with Gasteiger partial charge in [-0.05, 0) is 12.8 Å². The fraction of sp³-hybridized carbons (Fsp3) is 0.286. The van der Waals surface area contributed by atoms with Crippen LogP contribution in [0.15, 0.2) is 29.4 Å². The average Bonchev–Trinajstić information content (AvgIpc) is 1.88. The quantitative estimate of drug-likeness (QED) is 0.443. The van der Waals surface area contributed by atoms with Crippen molar-refractivity contribution in [3.63, 3.8) is 0 Å². The number of nitrogens with zero attached hydrogens (tertiary/aromatic N) is 1. The molecule has 0 amide bonds. The lowest BCUT2D eigenvalue weighted by Crippen LogP contribution is -1.83. The van der Waals surface area contributed by atoms with E-state index in [2.05, 4.69) is 18.3 Å². The smallest absolute Gasteiger partial charge is 0.0486 e. The van der Waals surface area contributed by atoms with Crippen molar-refractivity contribution in [2.45, 2.75) is 6.42 Å². The Balaban J connectivity index is 3.80. The molecule has 0 atom stereocenters. The number of rotatable bonds is 4. The molecule has 0 radical (unpaired) electrons. The molecule has 0 aromatic rings. The van der Waals surface area contributed by atoms with Gasteiger partial charge in [0.25, 0.3) is 0 Å². The number of allylic oxidation sites excluding steroid dienone is 2. The van der Waals surface area contributed by atoms with Crippen LogP contribution in [0.25, 0.3) is 0 Å². The number of aliphatic imine (C=N–C) groups is 1. The third-order valence-corrected chi connectivity index (χ3v) is 0.881. The zero-order chi connectivity index (χ0) is 7.11. The summed E-state index contributed by atoms with van der Waals surface area (Å²) in [5.41, 5.74) is 0.771. The van der Waals surface area contributed by atoms with Crippen molar-refractivity contribution in [2.75, 3.05) is 6.61 Å². The summed E-state index contributed by atoms with van der Waals surface area (Å²) in [4.78, 5) is 3.65. The van der Waals surface area contributed by atoms with Gasteiger partial charge in [-0.25, -0.2) is 0 Å². The van der Waals surface area contributed by atoms with E-state index in [-0.39, 0.29) is 6.61 Å². The van der Waals surface area contributed by atoms with Crippen LogP contribution in [-0.2, 0) is 0 Å². The van der Waals surface area contributed by atoms with E-state index in [1.807, 2.05) is 0 Å². The van der Waals surface area contributed by atoms with Crippen molar-refractivity contribution >= 4 is 6.72 Å². The summed E-state index contributed by atoms with van der Waals surface area (Å²) < 4.78 is 0.